The van der Waals surface area contributed by atoms with Crippen LogP contribution in [-0.2, 0) is 4.79 Å². The van der Waals surface area contributed by atoms with Crippen molar-refractivity contribution in [3.05, 3.63) is 0 Å². The number of nitrogens with one attached hydrogen (secondary N) is 1. The quantitative estimate of drug-likeness (QED) is 0.817. The van der Waals surface area contributed by atoms with Crippen LogP contribution in [0.4, 0.5) is 8.78 Å². The summed E-state index contributed by atoms with van der Waals surface area (Å²) in [6.07, 6.45) is 3.65. The summed E-state index contributed by atoms with van der Waals surface area (Å²) >= 11 is 0. The average Bonchev–Trinajstić information content (AvgIpc) is 2.96. The fourth-order valence-electron chi connectivity index (χ4n) is 3.59. The fraction of sp³-hybridized carbons (Fsp3) is 0.938. The lowest BCUT2D eigenvalue weighted by atomic mass is 9.70. The number of carbonyl (C=O) groups excluding carboxylic acids is 1. The van der Waals surface area contributed by atoms with Crippen LogP contribution in [0.25, 0.3) is 0 Å². The third kappa shape index (κ3) is 3.70. The molecule has 1 amide bonds. The Morgan fingerprint density at radius 1 is 1.35 bits per heavy atom. The predicted octanol–water partition coefficient (Wildman–Crippen LogP) is 3.86. The van der Waals surface area contributed by atoms with E-state index in [4.69, 9.17) is 0 Å². The van der Waals surface area contributed by atoms with Crippen molar-refractivity contribution in [3.8, 4) is 0 Å². The van der Waals surface area contributed by atoms with Gasteiger partial charge in [-0.2, -0.15) is 0 Å². The Balaban J connectivity index is 1.79. The Kier molecular flexibility index (Phi) is 4.70. The van der Waals surface area contributed by atoms with Gasteiger partial charge in [-0.15, -0.1) is 0 Å². The highest BCUT2D eigenvalue weighted by Crippen LogP contribution is 2.50. The first-order chi connectivity index (χ1) is 9.31. The van der Waals surface area contributed by atoms with Gasteiger partial charge in [0.2, 0.25) is 5.91 Å². The van der Waals surface area contributed by atoms with Crippen LogP contribution in [0.5, 0.6) is 0 Å². The summed E-state index contributed by atoms with van der Waals surface area (Å²) in [5.74, 6) is -1.29. The number of rotatable bonds is 5. The number of amides is 1. The van der Waals surface area contributed by atoms with Gasteiger partial charge in [-0.05, 0) is 37.0 Å². The van der Waals surface area contributed by atoms with Crippen molar-refractivity contribution in [2.75, 3.05) is 6.54 Å². The van der Waals surface area contributed by atoms with E-state index in [9.17, 15) is 13.6 Å². The van der Waals surface area contributed by atoms with E-state index in [1.165, 1.54) is 6.42 Å². The number of carbonyl (C=O) groups is 1. The van der Waals surface area contributed by atoms with E-state index in [0.29, 0.717) is 30.7 Å². The van der Waals surface area contributed by atoms with Crippen molar-refractivity contribution in [2.45, 2.75) is 58.8 Å². The molecule has 0 heterocycles. The van der Waals surface area contributed by atoms with Gasteiger partial charge in [-0.25, -0.2) is 8.78 Å². The van der Waals surface area contributed by atoms with Gasteiger partial charge in [0.05, 0.1) is 0 Å². The molecule has 2 rings (SSSR count). The number of alkyl halides is 2. The molecule has 0 aromatic heterocycles. The Bertz CT molecular complexity index is 356. The second kappa shape index (κ2) is 5.98. The van der Waals surface area contributed by atoms with E-state index in [1.807, 2.05) is 0 Å². The van der Waals surface area contributed by atoms with Gasteiger partial charge in [0.25, 0.3) is 5.92 Å². The van der Waals surface area contributed by atoms with Crippen molar-refractivity contribution in [1.29, 1.82) is 0 Å². The van der Waals surface area contributed by atoms with Gasteiger partial charge < -0.3 is 5.32 Å². The average molecular weight is 287 g/mol. The van der Waals surface area contributed by atoms with Gasteiger partial charge >= 0.3 is 0 Å². The van der Waals surface area contributed by atoms with Gasteiger partial charge in [-0.1, -0.05) is 27.2 Å². The highest BCUT2D eigenvalue weighted by molar-refractivity contribution is 5.79. The van der Waals surface area contributed by atoms with E-state index in [0.717, 1.165) is 12.8 Å². The Hall–Kier alpha value is -0.670. The van der Waals surface area contributed by atoms with Gasteiger partial charge in [0.15, 0.2) is 0 Å². The van der Waals surface area contributed by atoms with Crippen molar-refractivity contribution in [3.63, 3.8) is 0 Å². The summed E-state index contributed by atoms with van der Waals surface area (Å²) in [6.45, 7) is 6.94. The van der Waals surface area contributed by atoms with Crippen LogP contribution >= 0.6 is 0 Å². The van der Waals surface area contributed by atoms with Crippen LogP contribution in [0.3, 0.4) is 0 Å². The van der Waals surface area contributed by atoms with E-state index >= 15 is 0 Å². The van der Waals surface area contributed by atoms with Gasteiger partial charge in [0, 0.05) is 24.8 Å². The molecular weight excluding hydrogens is 260 g/mol. The van der Waals surface area contributed by atoms with Crippen molar-refractivity contribution < 1.29 is 13.6 Å². The zero-order chi connectivity index (χ0) is 14.9. The molecule has 1 unspecified atom stereocenters. The Morgan fingerprint density at radius 2 is 2.00 bits per heavy atom. The van der Waals surface area contributed by atoms with E-state index in [1.54, 1.807) is 0 Å². The summed E-state index contributed by atoms with van der Waals surface area (Å²) in [5.41, 5.74) is 0. The summed E-state index contributed by atoms with van der Waals surface area (Å²) in [5, 5.41) is 2.89. The largest absolute Gasteiger partial charge is 0.356 e. The molecule has 0 aromatic rings. The van der Waals surface area contributed by atoms with Crippen LogP contribution < -0.4 is 5.32 Å². The van der Waals surface area contributed by atoms with Gasteiger partial charge in [0.1, 0.15) is 0 Å². The molecule has 0 radical (unpaired) electrons. The molecule has 0 spiro atoms. The maximum absolute atomic E-state index is 12.8. The Morgan fingerprint density at radius 3 is 2.55 bits per heavy atom. The third-order valence-electron chi connectivity index (χ3n) is 5.11. The molecule has 0 bridgehead atoms. The molecule has 1 N–H and O–H groups in total. The molecule has 2 aliphatic rings. The zero-order valence-electron chi connectivity index (χ0n) is 12.8. The number of halogens is 2. The topological polar surface area (TPSA) is 29.1 Å². The second-order valence-electron chi connectivity index (χ2n) is 7.17. The SMILES string of the molecule is CC(C)[C@@H]1CC[C@@H](C)C[C@H]1C(=O)NCCC1CC1(F)F. The monoisotopic (exact) mass is 287 g/mol. The Labute approximate surface area is 120 Å². The van der Waals surface area contributed by atoms with Crippen LogP contribution in [0.1, 0.15) is 52.9 Å². The molecule has 0 aromatic carbocycles. The maximum Gasteiger partial charge on any atom is 0.251 e. The highest BCUT2D eigenvalue weighted by Gasteiger charge is 2.55. The molecule has 116 valence electrons. The minimum Gasteiger partial charge on any atom is -0.356 e. The minimum absolute atomic E-state index is 0.00203. The summed E-state index contributed by atoms with van der Waals surface area (Å²) in [6, 6.07) is 0. The number of hydrogen-bond donors (Lipinski definition) is 1. The molecule has 4 atom stereocenters. The molecular formula is C16H27F2NO. The van der Waals surface area contributed by atoms with Crippen LogP contribution in [-0.4, -0.2) is 18.4 Å². The van der Waals surface area contributed by atoms with Crippen LogP contribution in [0.15, 0.2) is 0 Å². The van der Waals surface area contributed by atoms with E-state index < -0.39 is 11.8 Å². The third-order valence-corrected chi connectivity index (χ3v) is 5.11. The van der Waals surface area contributed by atoms with Crippen LogP contribution in [0, 0.1) is 29.6 Å². The fourth-order valence-corrected chi connectivity index (χ4v) is 3.59. The van der Waals surface area contributed by atoms with E-state index in [2.05, 4.69) is 26.1 Å². The van der Waals surface area contributed by atoms with Crippen molar-refractivity contribution in [1.82, 2.24) is 5.32 Å². The highest BCUT2D eigenvalue weighted by atomic mass is 19.3. The first kappa shape index (κ1) is 15.7. The normalized spacial score (nSPS) is 35.9. The molecule has 2 saturated carbocycles. The molecule has 4 heteroatoms. The predicted molar refractivity (Wildman–Crippen MR) is 75.5 cm³/mol. The van der Waals surface area contributed by atoms with Crippen LogP contribution in [0.2, 0.25) is 0 Å². The van der Waals surface area contributed by atoms with Gasteiger partial charge in [-0.3, -0.25) is 4.79 Å². The lowest BCUT2D eigenvalue weighted by molar-refractivity contribution is -0.129. The number of hydrogen-bond acceptors (Lipinski definition) is 1. The molecule has 0 aliphatic heterocycles. The van der Waals surface area contributed by atoms with Crippen molar-refractivity contribution >= 4 is 5.91 Å². The van der Waals surface area contributed by atoms with E-state index in [-0.39, 0.29) is 18.2 Å². The summed E-state index contributed by atoms with van der Waals surface area (Å²) in [4.78, 5) is 12.3. The lowest BCUT2D eigenvalue weighted by Crippen LogP contribution is -2.40. The zero-order valence-corrected chi connectivity index (χ0v) is 12.8. The standard InChI is InChI=1S/C16H27F2NO/c1-10(2)13-5-4-11(3)8-14(13)15(20)19-7-6-12-9-16(12,17)18/h10-14H,4-9H2,1-3H3,(H,19,20)/t11-,12?,13+,14-/m1/s1. The molecule has 2 aliphatic carbocycles. The molecule has 2 fully saturated rings. The lowest BCUT2D eigenvalue weighted by Gasteiger charge is -2.36. The molecule has 20 heavy (non-hydrogen) atoms. The summed E-state index contributed by atoms with van der Waals surface area (Å²) < 4.78 is 25.6. The first-order valence-corrected chi connectivity index (χ1v) is 7.96. The first-order valence-electron chi connectivity index (χ1n) is 7.96. The van der Waals surface area contributed by atoms with Crippen molar-refractivity contribution in [2.24, 2.45) is 29.6 Å². The summed E-state index contributed by atoms with van der Waals surface area (Å²) in [7, 11) is 0. The molecule has 0 saturated heterocycles. The maximum atomic E-state index is 12.8. The second-order valence-corrected chi connectivity index (χ2v) is 7.17. The minimum atomic E-state index is -2.47. The molecule has 2 nitrogen and oxygen atoms in total. The smallest absolute Gasteiger partial charge is 0.251 e.